The van der Waals surface area contributed by atoms with Crippen molar-refractivity contribution in [2.24, 2.45) is 17.8 Å². The molecule has 0 bridgehead atoms. The second-order valence-electron chi connectivity index (χ2n) is 5.63. The van der Waals surface area contributed by atoms with Crippen LogP contribution in [0.15, 0.2) is 18.2 Å². The van der Waals surface area contributed by atoms with E-state index in [0.717, 1.165) is 12.8 Å². The normalized spacial score (nSPS) is 27.6. The molecule has 0 aromatic heterocycles. The lowest BCUT2D eigenvalue weighted by molar-refractivity contribution is -0.117. The molecule has 106 valence electrons. The highest BCUT2D eigenvalue weighted by molar-refractivity contribution is 6.34. The van der Waals surface area contributed by atoms with Crippen molar-refractivity contribution < 1.29 is 14.7 Å². The number of carbonyl (C=O) groups is 2. The lowest BCUT2D eigenvalue weighted by atomic mass is 10.0. The zero-order valence-electron chi connectivity index (χ0n) is 10.9. The third kappa shape index (κ3) is 2.40. The van der Waals surface area contributed by atoms with Gasteiger partial charge in [-0.05, 0) is 42.9 Å². The standard InChI is InChI=1S/C15H16ClNO3/c16-11-7-8(15(19)20)5-6-12(11)17-14(18)13-9-3-1-2-4-10(9)13/h5-7,9-10,13H,1-4H2,(H,17,18)(H,19,20). The predicted octanol–water partition coefficient (Wildman–Crippen LogP) is 3.41. The third-order valence-electron chi connectivity index (χ3n) is 4.43. The number of nitrogens with one attached hydrogen (secondary N) is 1. The highest BCUT2D eigenvalue weighted by atomic mass is 35.5. The summed E-state index contributed by atoms with van der Waals surface area (Å²) in [4.78, 5) is 23.1. The van der Waals surface area contributed by atoms with Crippen LogP contribution in [0, 0.1) is 17.8 Å². The summed E-state index contributed by atoms with van der Waals surface area (Å²) in [7, 11) is 0. The molecule has 2 aliphatic rings. The number of anilines is 1. The van der Waals surface area contributed by atoms with Crippen LogP contribution in [0.4, 0.5) is 5.69 Å². The monoisotopic (exact) mass is 293 g/mol. The van der Waals surface area contributed by atoms with Gasteiger partial charge in [-0.2, -0.15) is 0 Å². The van der Waals surface area contributed by atoms with Crippen LogP contribution < -0.4 is 5.32 Å². The quantitative estimate of drug-likeness (QED) is 0.897. The Balaban J connectivity index is 1.69. The van der Waals surface area contributed by atoms with Crippen molar-refractivity contribution in [3.63, 3.8) is 0 Å². The van der Waals surface area contributed by atoms with Gasteiger partial charge in [0.05, 0.1) is 16.3 Å². The summed E-state index contributed by atoms with van der Waals surface area (Å²) in [5, 5.41) is 12.0. The molecular formula is C15H16ClNO3. The molecule has 0 heterocycles. The Morgan fingerprint density at radius 2 is 1.85 bits per heavy atom. The Labute approximate surface area is 122 Å². The van der Waals surface area contributed by atoms with Gasteiger partial charge < -0.3 is 10.4 Å². The number of hydrogen-bond donors (Lipinski definition) is 2. The molecule has 3 rings (SSSR count). The van der Waals surface area contributed by atoms with Crippen molar-refractivity contribution in [3.8, 4) is 0 Å². The molecule has 1 aromatic rings. The second-order valence-corrected chi connectivity index (χ2v) is 6.03. The third-order valence-corrected chi connectivity index (χ3v) is 4.75. The van der Waals surface area contributed by atoms with Gasteiger partial charge in [-0.1, -0.05) is 24.4 Å². The van der Waals surface area contributed by atoms with Gasteiger partial charge in [0, 0.05) is 5.92 Å². The van der Waals surface area contributed by atoms with E-state index in [9.17, 15) is 9.59 Å². The minimum atomic E-state index is -1.03. The average molecular weight is 294 g/mol. The Kier molecular flexibility index (Phi) is 3.42. The van der Waals surface area contributed by atoms with E-state index in [1.807, 2.05) is 0 Å². The molecular weight excluding hydrogens is 278 g/mol. The summed E-state index contributed by atoms with van der Waals surface area (Å²) >= 11 is 6.02. The fraction of sp³-hybridized carbons (Fsp3) is 0.467. The van der Waals surface area contributed by atoms with Crippen molar-refractivity contribution >= 4 is 29.2 Å². The topological polar surface area (TPSA) is 66.4 Å². The molecule has 2 N–H and O–H groups in total. The molecule has 5 heteroatoms. The maximum atomic E-state index is 12.2. The zero-order valence-corrected chi connectivity index (χ0v) is 11.7. The summed E-state index contributed by atoms with van der Waals surface area (Å²) in [5.41, 5.74) is 0.610. The van der Waals surface area contributed by atoms with E-state index < -0.39 is 5.97 Å². The number of amides is 1. The maximum Gasteiger partial charge on any atom is 0.335 e. The number of benzene rings is 1. The smallest absolute Gasteiger partial charge is 0.335 e. The maximum absolute atomic E-state index is 12.2. The fourth-order valence-corrected chi connectivity index (χ4v) is 3.57. The molecule has 2 unspecified atom stereocenters. The molecule has 0 aliphatic heterocycles. The van der Waals surface area contributed by atoms with Crippen LogP contribution >= 0.6 is 11.6 Å². The number of carboxylic acids is 1. The molecule has 2 saturated carbocycles. The Morgan fingerprint density at radius 3 is 2.40 bits per heavy atom. The minimum absolute atomic E-state index is 0.0203. The zero-order chi connectivity index (χ0) is 14.3. The van der Waals surface area contributed by atoms with E-state index in [2.05, 4.69) is 5.32 Å². The number of carbonyl (C=O) groups excluding carboxylic acids is 1. The summed E-state index contributed by atoms with van der Waals surface area (Å²) in [6.07, 6.45) is 4.74. The molecule has 4 nitrogen and oxygen atoms in total. The molecule has 2 fully saturated rings. The first-order valence-corrected chi connectivity index (χ1v) is 7.29. The highest BCUT2D eigenvalue weighted by Crippen LogP contribution is 2.55. The van der Waals surface area contributed by atoms with Crippen molar-refractivity contribution in [1.29, 1.82) is 0 Å². The minimum Gasteiger partial charge on any atom is -0.478 e. The van der Waals surface area contributed by atoms with Gasteiger partial charge in [-0.15, -0.1) is 0 Å². The molecule has 20 heavy (non-hydrogen) atoms. The van der Waals surface area contributed by atoms with Crippen molar-refractivity contribution in [1.82, 2.24) is 0 Å². The molecule has 0 radical (unpaired) electrons. The summed E-state index contributed by atoms with van der Waals surface area (Å²) in [5.74, 6) is 0.194. The van der Waals surface area contributed by atoms with Crippen LogP contribution in [0.25, 0.3) is 0 Å². The molecule has 1 amide bonds. The molecule has 2 atom stereocenters. The molecule has 2 aliphatic carbocycles. The molecule has 1 aromatic carbocycles. The average Bonchev–Trinajstić information content (AvgIpc) is 3.15. The number of aromatic carboxylic acids is 1. The second kappa shape index (κ2) is 5.09. The van der Waals surface area contributed by atoms with E-state index >= 15 is 0 Å². The van der Waals surface area contributed by atoms with Gasteiger partial charge in [0.25, 0.3) is 0 Å². The van der Waals surface area contributed by atoms with Crippen molar-refractivity contribution in [3.05, 3.63) is 28.8 Å². The van der Waals surface area contributed by atoms with E-state index in [4.69, 9.17) is 16.7 Å². The molecule has 0 saturated heterocycles. The fourth-order valence-electron chi connectivity index (χ4n) is 3.35. The number of carboxylic acid groups (broad SMARTS) is 1. The van der Waals surface area contributed by atoms with Gasteiger partial charge in [0.15, 0.2) is 0 Å². The van der Waals surface area contributed by atoms with Crippen LogP contribution in [0.1, 0.15) is 36.0 Å². The largest absolute Gasteiger partial charge is 0.478 e. The Morgan fingerprint density at radius 1 is 1.20 bits per heavy atom. The predicted molar refractivity (Wildman–Crippen MR) is 76.0 cm³/mol. The lowest BCUT2D eigenvalue weighted by Gasteiger charge is -2.07. The summed E-state index contributed by atoms with van der Waals surface area (Å²) in [6, 6.07) is 4.36. The number of hydrogen-bond acceptors (Lipinski definition) is 2. The first-order valence-electron chi connectivity index (χ1n) is 6.91. The van der Waals surface area contributed by atoms with Crippen LogP contribution in [0.2, 0.25) is 5.02 Å². The van der Waals surface area contributed by atoms with Crippen molar-refractivity contribution in [2.45, 2.75) is 25.7 Å². The number of fused-ring (bicyclic) bond motifs is 1. The SMILES string of the molecule is O=C(O)c1ccc(NC(=O)C2C3CCCCC32)c(Cl)c1. The summed E-state index contributed by atoms with van der Waals surface area (Å²) < 4.78 is 0. The Bertz CT molecular complexity index is 560. The van der Waals surface area contributed by atoms with E-state index in [1.165, 1.54) is 25.0 Å². The number of halogens is 1. The first kappa shape index (κ1) is 13.4. The van der Waals surface area contributed by atoms with Crippen LogP contribution in [0.5, 0.6) is 0 Å². The number of rotatable bonds is 3. The van der Waals surface area contributed by atoms with Crippen LogP contribution in [-0.4, -0.2) is 17.0 Å². The van der Waals surface area contributed by atoms with E-state index in [1.54, 1.807) is 6.07 Å². The van der Waals surface area contributed by atoms with Crippen LogP contribution in [-0.2, 0) is 4.79 Å². The van der Waals surface area contributed by atoms with Gasteiger partial charge in [-0.3, -0.25) is 4.79 Å². The highest BCUT2D eigenvalue weighted by Gasteiger charge is 2.54. The Hall–Kier alpha value is -1.55. The van der Waals surface area contributed by atoms with Gasteiger partial charge in [0.2, 0.25) is 5.91 Å². The van der Waals surface area contributed by atoms with Crippen molar-refractivity contribution in [2.75, 3.05) is 5.32 Å². The summed E-state index contributed by atoms with van der Waals surface area (Å²) in [6.45, 7) is 0. The van der Waals surface area contributed by atoms with Crippen LogP contribution in [0.3, 0.4) is 0 Å². The lowest BCUT2D eigenvalue weighted by Crippen LogP contribution is -2.16. The first-order chi connectivity index (χ1) is 9.58. The van der Waals surface area contributed by atoms with E-state index in [0.29, 0.717) is 17.5 Å². The van der Waals surface area contributed by atoms with Gasteiger partial charge >= 0.3 is 5.97 Å². The van der Waals surface area contributed by atoms with Gasteiger partial charge in [-0.25, -0.2) is 4.79 Å². The molecule has 0 spiro atoms. The van der Waals surface area contributed by atoms with E-state index in [-0.39, 0.29) is 22.4 Å². The van der Waals surface area contributed by atoms with Gasteiger partial charge in [0.1, 0.15) is 0 Å².